The molecule has 6 aromatic carbocycles. The first kappa shape index (κ1) is 30.1. The van der Waals surface area contributed by atoms with Crippen LogP contribution in [0.2, 0.25) is 0 Å². The molecule has 5 nitrogen and oxygen atoms in total. The van der Waals surface area contributed by atoms with Crippen LogP contribution in [0.25, 0.3) is 38.6 Å². The normalized spacial score (nSPS) is 11.1. The first-order valence-electron chi connectivity index (χ1n) is 17.1. The first-order valence-corrected chi connectivity index (χ1v) is 17.1. The van der Waals surface area contributed by atoms with Crippen LogP contribution in [0.3, 0.4) is 0 Å². The third kappa shape index (κ3) is 5.67. The zero-order valence-corrected chi connectivity index (χ0v) is 27.8. The second kappa shape index (κ2) is 13.1. The van der Waals surface area contributed by atoms with Gasteiger partial charge in [0.15, 0.2) is 0 Å². The van der Waals surface area contributed by atoms with E-state index in [1.807, 2.05) is 49.1 Å². The summed E-state index contributed by atoms with van der Waals surface area (Å²) in [5, 5.41) is 2.43. The highest BCUT2D eigenvalue weighted by molar-refractivity contribution is 6.10. The van der Waals surface area contributed by atoms with Gasteiger partial charge >= 0.3 is 0 Å². The van der Waals surface area contributed by atoms with Crippen LogP contribution in [-0.4, -0.2) is 14.5 Å². The molecule has 0 N–H and O–H groups in total. The molecule has 0 atom stereocenters. The minimum Gasteiger partial charge on any atom is -0.309 e. The van der Waals surface area contributed by atoms with Crippen LogP contribution in [-0.2, 0) is 0 Å². The van der Waals surface area contributed by atoms with E-state index in [4.69, 9.17) is 0 Å². The van der Waals surface area contributed by atoms with E-state index >= 15 is 0 Å². The SMILES string of the molecule is c1ccc(N(c2cccnc2)c2cc(-c3ccc4c(c3)c3ccccc3n4-c3ccccc3)cc(N(c3ccccc3)c3cccnc3)c2)cc1. The van der Waals surface area contributed by atoms with Gasteiger partial charge in [0.2, 0.25) is 0 Å². The summed E-state index contributed by atoms with van der Waals surface area (Å²) in [7, 11) is 0. The van der Waals surface area contributed by atoms with Crippen molar-refractivity contribution < 1.29 is 0 Å². The topological polar surface area (TPSA) is 37.2 Å². The zero-order chi connectivity index (χ0) is 34.0. The third-order valence-electron chi connectivity index (χ3n) is 9.28. The van der Waals surface area contributed by atoms with Gasteiger partial charge in [0, 0.05) is 51.6 Å². The number of nitrogens with zero attached hydrogens (tertiary/aromatic N) is 5. The molecule has 0 amide bonds. The van der Waals surface area contributed by atoms with Gasteiger partial charge in [-0.1, -0.05) is 78.9 Å². The predicted octanol–water partition coefficient (Wildman–Crippen LogP) is 12.2. The Morgan fingerprint density at radius 3 is 1.43 bits per heavy atom. The standard InChI is InChI=1S/C46H33N5/c1-4-14-36(15-5-1)49(39-20-12-26-47-32-39)41-28-35(29-42(31-41)50(37-16-6-2-7-17-37)40-21-13-27-48-33-40)34-24-25-46-44(30-34)43-22-10-11-23-45(43)51(46)38-18-8-3-9-19-38/h1-33H. The molecule has 3 heterocycles. The summed E-state index contributed by atoms with van der Waals surface area (Å²) in [5.41, 5.74) is 11.8. The molecule has 0 bridgehead atoms. The highest BCUT2D eigenvalue weighted by atomic mass is 15.2. The number of anilines is 6. The highest BCUT2D eigenvalue weighted by Crippen LogP contribution is 2.43. The largest absolute Gasteiger partial charge is 0.309 e. The lowest BCUT2D eigenvalue weighted by Gasteiger charge is -2.30. The second-order valence-electron chi connectivity index (χ2n) is 12.4. The van der Waals surface area contributed by atoms with Crippen molar-refractivity contribution >= 4 is 55.9 Å². The van der Waals surface area contributed by atoms with Crippen molar-refractivity contribution in [2.24, 2.45) is 0 Å². The molecule has 5 heteroatoms. The van der Waals surface area contributed by atoms with Crippen LogP contribution in [0.5, 0.6) is 0 Å². The number of pyridine rings is 2. The maximum Gasteiger partial charge on any atom is 0.0644 e. The number of benzene rings is 6. The average molecular weight is 656 g/mol. The van der Waals surface area contributed by atoms with Crippen molar-refractivity contribution in [3.8, 4) is 16.8 Å². The summed E-state index contributed by atoms with van der Waals surface area (Å²) in [6.45, 7) is 0. The Labute approximate surface area is 297 Å². The fourth-order valence-corrected chi connectivity index (χ4v) is 7.05. The molecule has 0 fully saturated rings. The van der Waals surface area contributed by atoms with Crippen molar-refractivity contribution in [1.29, 1.82) is 0 Å². The summed E-state index contributed by atoms with van der Waals surface area (Å²) in [4.78, 5) is 13.6. The molecule has 0 radical (unpaired) electrons. The molecule has 0 aliphatic heterocycles. The van der Waals surface area contributed by atoms with Crippen molar-refractivity contribution in [2.45, 2.75) is 0 Å². The van der Waals surface area contributed by atoms with Gasteiger partial charge in [0.25, 0.3) is 0 Å². The lowest BCUT2D eigenvalue weighted by molar-refractivity contribution is 1.18. The van der Waals surface area contributed by atoms with E-state index in [-0.39, 0.29) is 0 Å². The molecule has 0 aliphatic carbocycles. The molecule has 3 aromatic heterocycles. The van der Waals surface area contributed by atoms with E-state index in [9.17, 15) is 0 Å². The van der Waals surface area contributed by atoms with Gasteiger partial charge in [-0.2, -0.15) is 0 Å². The predicted molar refractivity (Wildman–Crippen MR) is 211 cm³/mol. The van der Waals surface area contributed by atoms with Gasteiger partial charge in [-0.3, -0.25) is 9.97 Å². The van der Waals surface area contributed by atoms with Crippen LogP contribution in [0, 0.1) is 0 Å². The molecule has 0 saturated carbocycles. The molecule has 0 aliphatic rings. The highest BCUT2D eigenvalue weighted by Gasteiger charge is 2.20. The fraction of sp³-hybridized carbons (Fsp3) is 0. The summed E-state index contributed by atoms with van der Waals surface area (Å²) < 4.78 is 2.36. The maximum absolute atomic E-state index is 4.52. The van der Waals surface area contributed by atoms with E-state index < -0.39 is 0 Å². The Morgan fingerprint density at radius 2 is 0.863 bits per heavy atom. The van der Waals surface area contributed by atoms with E-state index in [0.29, 0.717) is 0 Å². The second-order valence-corrected chi connectivity index (χ2v) is 12.4. The molecule has 242 valence electrons. The van der Waals surface area contributed by atoms with Gasteiger partial charge in [0.1, 0.15) is 0 Å². The zero-order valence-electron chi connectivity index (χ0n) is 27.8. The van der Waals surface area contributed by atoms with Gasteiger partial charge in [-0.05, 0) is 108 Å². The van der Waals surface area contributed by atoms with Crippen molar-refractivity contribution in [2.75, 3.05) is 9.80 Å². The molecule has 0 spiro atoms. The lowest BCUT2D eigenvalue weighted by Crippen LogP contribution is -2.13. The number of fused-ring (bicyclic) bond motifs is 3. The summed E-state index contributed by atoms with van der Waals surface area (Å²) in [6.07, 6.45) is 7.46. The fourth-order valence-electron chi connectivity index (χ4n) is 7.05. The monoisotopic (exact) mass is 655 g/mol. The molecule has 51 heavy (non-hydrogen) atoms. The summed E-state index contributed by atoms with van der Waals surface area (Å²) in [5.74, 6) is 0. The van der Waals surface area contributed by atoms with E-state index in [1.54, 1.807) is 0 Å². The Balaban J connectivity index is 1.31. The molecular formula is C46H33N5. The van der Waals surface area contributed by atoms with E-state index in [1.165, 1.54) is 21.8 Å². The van der Waals surface area contributed by atoms with Crippen LogP contribution >= 0.6 is 0 Å². The van der Waals surface area contributed by atoms with Crippen molar-refractivity contribution in [1.82, 2.24) is 14.5 Å². The summed E-state index contributed by atoms with van der Waals surface area (Å²) >= 11 is 0. The Hall–Kier alpha value is -6.98. The number of rotatable bonds is 8. The molecule has 9 aromatic rings. The number of hydrogen-bond donors (Lipinski definition) is 0. The smallest absolute Gasteiger partial charge is 0.0644 e. The number of aromatic nitrogens is 3. The Morgan fingerprint density at radius 1 is 0.353 bits per heavy atom. The quantitative estimate of drug-likeness (QED) is 0.163. The van der Waals surface area contributed by atoms with Crippen LogP contribution in [0.1, 0.15) is 0 Å². The van der Waals surface area contributed by atoms with Crippen molar-refractivity contribution in [3.63, 3.8) is 0 Å². The molecule has 0 unspecified atom stereocenters. The third-order valence-corrected chi connectivity index (χ3v) is 9.28. The molecule has 0 saturated heterocycles. The minimum atomic E-state index is 0.973. The van der Waals surface area contributed by atoms with Gasteiger partial charge in [0.05, 0.1) is 34.8 Å². The Bertz CT molecular complexity index is 2390. The van der Waals surface area contributed by atoms with Crippen LogP contribution in [0.15, 0.2) is 201 Å². The molecule has 9 rings (SSSR count). The van der Waals surface area contributed by atoms with Crippen LogP contribution in [0.4, 0.5) is 34.1 Å². The lowest BCUT2D eigenvalue weighted by atomic mass is 10.00. The number of para-hydroxylation sites is 4. The van der Waals surface area contributed by atoms with Gasteiger partial charge in [-0.25, -0.2) is 0 Å². The van der Waals surface area contributed by atoms with Crippen molar-refractivity contribution in [3.05, 3.63) is 201 Å². The Kier molecular flexibility index (Phi) is 7.76. The van der Waals surface area contributed by atoms with Gasteiger partial charge < -0.3 is 14.4 Å². The van der Waals surface area contributed by atoms with E-state index in [0.717, 1.165) is 50.9 Å². The average Bonchev–Trinajstić information content (AvgIpc) is 3.54. The summed E-state index contributed by atoms with van der Waals surface area (Å²) in [6, 6.07) is 62.1. The maximum atomic E-state index is 4.52. The number of hydrogen-bond acceptors (Lipinski definition) is 4. The first-order chi connectivity index (χ1) is 25.3. The minimum absolute atomic E-state index is 0.973. The van der Waals surface area contributed by atoms with Crippen LogP contribution < -0.4 is 9.80 Å². The van der Waals surface area contributed by atoms with E-state index in [2.05, 4.69) is 176 Å². The van der Waals surface area contributed by atoms with Gasteiger partial charge in [-0.15, -0.1) is 0 Å². The molecular weight excluding hydrogens is 623 g/mol.